The summed E-state index contributed by atoms with van der Waals surface area (Å²) in [4.78, 5) is 38.0. The first kappa shape index (κ1) is 19.2. The molecule has 7 heteroatoms. The number of carbonyl (C=O) groups is 3. The highest BCUT2D eigenvalue weighted by molar-refractivity contribution is 5.89. The van der Waals surface area contributed by atoms with Gasteiger partial charge in [0.1, 0.15) is 11.8 Å². The Bertz CT molecular complexity index is 687. The van der Waals surface area contributed by atoms with E-state index in [0.29, 0.717) is 26.0 Å². The van der Waals surface area contributed by atoms with Crippen LogP contribution in [0.2, 0.25) is 0 Å². The van der Waals surface area contributed by atoms with Gasteiger partial charge in [-0.15, -0.1) is 0 Å². The molecule has 1 N–H and O–H groups in total. The predicted molar refractivity (Wildman–Crippen MR) is 98.0 cm³/mol. The largest absolute Gasteiger partial charge is 0.494 e. The van der Waals surface area contributed by atoms with E-state index in [0.717, 1.165) is 18.6 Å². The van der Waals surface area contributed by atoms with E-state index in [2.05, 4.69) is 5.32 Å². The fraction of sp³-hybridized carbons (Fsp3) is 0.550. The molecule has 7 nitrogen and oxygen atoms in total. The van der Waals surface area contributed by atoms with E-state index in [9.17, 15) is 14.4 Å². The minimum atomic E-state index is -0.527. The van der Waals surface area contributed by atoms with Gasteiger partial charge in [0.05, 0.1) is 20.3 Å². The third kappa shape index (κ3) is 4.99. The Labute approximate surface area is 159 Å². The molecule has 0 bridgehead atoms. The van der Waals surface area contributed by atoms with Crippen LogP contribution in [0.3, 0.4) is 0 Å². The van der Waals surface area contributed by atoms with Crippen molar-refractivity contribution in [2.45, 2.75) is 38.1 Å². The summed E-state index contributed by atoms with van der Waals surface area (Å²) in [7, 11) is 1.34. The fourth-order valence-electron chi connectivity index (χ4n) is 3.51. The van der Waals surface area contributed by atoms with Crippen LogP contribution in [0.15, 0.2) is 30.3 Å². The predicted octanol–water partition coefficient (Wildman–Crippen LogP) is 1.52. The zero-order valence-electron chi connectivity index (χ0n) is 15.6. The second-order valence-corrected chi connectivity index (χ2v) is 7.31. The first-order valence-electron chi connectivity index (χ1n) is 9.35. The molecule has 1 saturated carbocycles. The first-order chi connectivity index (χ1) is 13.0. The van der Waals surface area contributed by atoms with Gasteiger partial charge >= 0.3 is 5.97 Å². The number of carbonyl (C=O) groups excluding carboxylic acids is 3. The average Bonchev–Trinajstić information content (AvgIpc) is 3.33. The molecule has 27 heavy (non-hydrogen) atoms. The van der Waals surface area contributed by atoms with Crippen molar-refractivity contribution in [1.29, 1.82) is 0 Å². The van der Waals surface area contributed by atoms with Gasteiger partial charge in [-0.2, -0.15) is 0 Å². The lowest BCUT2D eigenvalue weighted by Gasteiger charge is -2.22. The molecule has 3 rings (SSSR count). The molecule has 1 aromatic rings. The van der Waals surface area contributed by atoms with Crippen LogP contribution >= 0.6 is 0 Å². The van der Waals surface area contributed by atoms with Crippen LogP contribution < -0.4 is 10.1 Å². The molecule has 2 fully saturated rings. The van der Waals surface area contributed by atoms with Crippen LogP contribution in [0.4, 0.5) is 0 Å². The molecule has 1 aliphatic carbocycles. The number of esters is 1. The summed E-state index contributed by atoms with van der Waals surface area (Å²) in [5.74, 6) is -0.0421. The average molecular weight is 374 g/mol. The highest BCUT2D eigenvalue weighted by Gasteiger charge is 2.55. The van der Waals surface area contributed by atoms with Crippen molar-refractivity contribution < 1.29 is 23.9 Å². The molecule has 1 atom stereocenters. The standard InChI is InChI=1S/C20H26N2O5/c1-26-19(25)16-12-20(9-10-20)14-22(16)18(24)13-21-17(23)8-5-11-27-15-6-3-2-4-7-15/h2-4,6-7,16H,5,8-14H2,1H3,(H,21,23)/t16-/m0/s1. The van der Waals surface area contributed by atoms with Crippen molar-refractivity contribution in [1.82, 2.24) is 10.2 Å². The Morgan fingerprint density at radius 2 is 1.96 bits per heavy atom. The van der Waals surface area contributed by atoms with Crippen molar-refractivity contribution in [3.8, 4) is 5.75 Å². The summed E-state index contributed by atoms with van der Waals surface area (Å²) in [5.41, 5.74) is 0.0906. The zero-order chi connectivity index (χ0) is 19.3. The van der Waals surface area contributed by atoms with E-state index >= 15 is 0 Å². The van der Waals surface area contributed by atoms with Crippen LogP contribution in [0, 0.1) is 5.41 Å². The lowest BCUT2D eigenvalue weighted by Crippen LogP contribution is -2.46. The maximum Gasteiger partial charge on any atom is 0.328 e. The number of ether oxygens (including phenoxy) is 2. The summed E-state index contributed by atoms with van der Waals surface area (Å²) in [6, 6.07) is 8.88. The van der Waals surface area contributed by atoms with Crippen molar-refractivity contribution in [3.63, 3.8) is 0 Å². The number of nitrogens with one attached hydrogen (secondary N) is 1. The van der Waals surface area contributed by atoms with Crippen molar-refractivity contribution in [2.75, 3.05) is 26.8 Å². The molecule has 1 aromatic carbocycles. The number of methoxy groups -OCH3 is 1. The lowest BCUT2D eigenvalue weighted by molar-refractivity contribution is -0.150. The van der Waals surface area contributed by atoms with Gasteiger partial charge in [-0.25, -0.2) is 4.79 Å². The second kappa shape index (κ2) is 8.41. The Kier molecular flexibility index (Phi) is 5.98. The molecular weight excluding hydrogens is 348 g/mol. The monoisotopic (exact) mass is 374 g/mol. The molecule has 0 aromatic heterocycles. The van der Waals surface area contributed by atoms with Gasteiger partial charge in [0.15, 0.2) is 0 Å². The first-order valence-corrected chi connectivity index (χ1v) is 9.35. The van der Waals surface area contributed by atoms with Gasteiger partial charge in [0.2, 0.25) is 11.8 Å². The summed E-state index contributed by atoms with van der Waals surface area (Å²) >= 11 is 0. The maximum absolute atomic E-state index is 12.5. The number of para-hydroxylation sites is 1. The van der Waals surface area contributed by atoms with Gasteiger partial charge in [0, 0.05) is 13.0 Å². The van der Waals surface area contributed by atoms with E-state index in [1.807, 2.05) is 30.3 Å². The fourth-order valence-corrected chi connectivity index (χ4v) is 3.51. The summed E-state index contributed by atoms with van der Waals surface area (Å²) in [5, 5.41) is 2.65. The van der Waals surface area contributed by atoms with E-state index < -0.39 is 6.04 Å². The smallest absolute Gasteiger partial charge is 0.328 e. The van der Waals surface area contributed by atoms with Crippen LogP contribution in [-0.4, -0.2) is 55.5 Å². The second-order valence-electron chi connectivity index (χ2n) is 7.31. The van der Waals surface area contributed by atoms with E-state index in [1.54, 1.807) is 4.90 Å². The van der Waals surface area contributed by atoms with Crippen LogP contribution in [0.25, 0.3) is 0 Å². The molecule has 1 spiro atoms. The Morgan fingerprint density at radius 3 is 2.63 bits per heavy atom. The molecule has 0 unspecified atom stereocenters. The lowest BCUT2D eigenvalue weighted by atomic mass is 10.0. The Hall–Kier alpha value is -2.57. The molecule has 2 aliphatic rings. The third-order valence-corrected chi connectivity index (χ3v) is 5.26. The molecule has 1 saturated heterocycles. The highest BCUT2D eigenvalue weighted by atomic mass is 16.5. The number of rotatable bonds is 8. The number of benzene rings is 1. The maximum atomic E-state index is 12.5. The third-order valence-electron chi connectivity index (χ3n) is 5.26. The van der Waals surface area contributed by atoms with Gasteiger partial charge in [-0.05, 0) is 43.2 Å². The number of likely N-dealkylation sites (tertiary alicyclic amines) is 1. The van der Waals surface area contributed by atoms with Gasteiger partial charge in [-0.3, -0.25) is 9.59 Å². The molecule has 1 aliphatic heterocycles. The van der Waals surface area contributed by atoms with Gasteiger partial charge in [-0.1, -0.05) is 18.2 Å². The van der Waals surface area contributed by atoms with E-state index in [-0.39, 0.29) is 36.2 Å². The molecule has 0 radical (unpaired) electrons. The molecule has 146 valence electrons. The topological polar surface area (TPSA) is 84.9 Å². The quantitative estimate of drug-likeness (QED) is 0.551. The highest BCUT2D eigenvalue weighted by Crippen LogP contribution is 2.54. The number of nitrogens with zero attached hydrogens (tertiary/aromatic N) is 1. The molecule has 1 heterocycles. The minimum absolute atomic E-state index is 0.0906. The van der Waals surface area contributed by atoms with Crippen molar-refractivity contribution >= 4 is 17.8 Å². The Morgan fingerprint density at radius 1 is 1.22 bits per heavy atom. The van der Waals surface area contributed by atoms with Crippen molar-refractivity contribution in [3.05, 3.63) is 30.3 Å². The summed E-state index contributed by atoms with van der Waals surface area (Å²) in [6.07, 6.45) is 3.59. The Balaban J connectivity index is 1.38. The van der Waals surface area contributed by atoms with Gasteiger partial charge in [0.25, 0.3) is 0 Å². The van der Waals surface area contributed by atoms with Gasteiger partial charge < -0.3 is 19.7 Å². The van der Waals surface area contributed by atoms with Crippen molar-refractivity contribution in [2.24, 2.45) is 5.41 Å². The summed E-state index contributed by atoms with van der Waals surface area (Å²) in [6.45, 7) is 0.915. The van der Waals surface area contributed by atoms with Crippen LogP contribution in [0.5, 0.6) is 5.75 Å². The number of hydrogen-bond acceptors (Lipinski definition) is 5. The number of amides is 2. The summed E-state index contributed by atoms with van der Waals surface area (Å²) < 4.78 is 10.4. The van der Waals surface area contributed by atoms with E-state index in [1.165, 1.54) is 7.11 Å². The van der Waals surface area contributed by atoms with E-state index in [4.69, 9.17) is 9.47 Å². The normalized spacial score (nSPS) is 19.6. The zero-order valence-corrected chi connectivity index (χ0v) is 15.6. The molecular formula is C20H26N2O5. The number of hydrogen-bond donors (Lipinski definition) is 1. The van der Waals surface area contributed by atoms with Crippen LogP contribution in [0.1, 0.15) is 32.1 Å². The minimum Gasteiger partial charge on any atom is -0.494 e. The SMILES string of the molecule is COC(=O)[C@@H]1CC2(CC2)CN1C(=O)CNC(=O)CCCOc1ccccc1. The van der Waals surface area contributed by atoms with Crippen LogP contribution in [-0.2, 0) is 19.1 Å². The molecule has 2 amide bonds.